The van der Waals surface area contributed by atoms with E-state index in [-0.39, 0.29) is 20.5 Å². The number of nitrogens with one attached hydrogen (secondary N) is 2. The Bertz CT molecular complexity index is 603. The van der Waals surface area contributed by atoms with Crippen LogP contribution in [0.3, 0.4) is 0 Å². The highest BCUT2D eigenvalue weighted by Crippen LogP contribution is 2.39. The molecule has 1 aromatic heterocycles. The predicted octanol–water partition coefficient (Wildman–Crippen LogP) is 1.97. The fourth-order valence-corrected chi connectivity index (χ4v) is 4.84. The van der Waals surface area contributed by atoms with Crippen molar-refractivity contribution in [2.45, 2.75) is 35.3 Å². The van der Waals surface area contributed by atoms with Gasteiger partial charge in [-0.15, -0.1) is 0 Å². The zero-order chi connectivity index (χ0) is 15.5. The van der Waals surface area contributed by atoms with Crippen molar-refractivity contribution >= 4 is 39.2 Å². The molecule has 1 fully saturated rings. The van der Waals surface area contributed by atoms with Crippen LogP contribution in [0.4, 0.5) is 5.82 Å². The van der Waals surface area contributed by atoms with Crippen molar-refractivity contribution in [2.75, 3.05) is 18.2 Å². The van der Waals surface area contributed by atoms with Crippen LogP contribution in [0.15, 0.2) is 17.2 Å². The molecule has 0 atom stereocenters. The molecule has 4 N–H and O–H groups in total. The Labute approximate surface area is 134 Å². The number of rotatable bonds is 6. The van der Waals surface area contributed by atoms with Crippen LogP contribution < -0.4 is 16.0 Å². The van der Waals surface area contributed by atoms with Gasteiger partial charge in [-0.25, -0.2) is 24.0 Å². The van der Waals surface area contributed by atoms with Crippen molar-refractivity contribution in [3.05, 3.63) is 17.3 Å². The predicted molar refractivity (Wildman–Crippen MR) is 87.0 cm³/mol. The molecule has 0 saturated heterocycles. The molecule has 0 spiro atoms. The number of thioether (sulfide) groups is 1. The number of sulfonamides is 1. The number of nitrogens with zero attached hydrogens (tertiary/aromatic N) is 1. The summed E-state index contributed by atoms with van der Waals surface area (Å²) in [5.41, 5.74) is 2.30. The first-order valence-corrected chi connectivity index (χ1v) is 9.68. The van der Waals surface area contributed by atoms with Crippen molar-refractivity contribution in [1.29, 1.82) is 0 Å². The quantitative estimate of drug-likeness (QED) is 0.536. The minimum atomic E-state index is -3.62. The number of hydrogen-bond donors (Lipinski definition) is 3. The van der Waals surface area contributed by atoms with Gasteiger partial charge in [0.15, 0.2) is 5.82 Å². The summed E-state index contributed by atoms with van der Waals surface area (Å²) in [6.07, 6.45) is 7.63. The van der Waals surface area contributed by atoms with E-state index in [2.05, 4.69) is 15.1 Å². The Hall–Kier alpha value is -0.540. The van der Waals surface area contributed by atoms with Crippen molar-refractivity contribution in [2.24, 2.45) is 5.84 Å². The molecule has 1 heterocycles. The summed E-state index contributed by atoms with van der Waals surface area (Å²) in [7, 11) is -3.62. The fraction of sp³-hybridized carbons (Fsp3) is 0.583. The van der Waals surface area contributed by atoms with Gasteiger partial charge in [0, 0.05) is 17.5 Å². The summed E-state index contributed by atoms with van der Waals surface area (Å²) in [6.45, 7) is 0.422. The minimum absolute atomic E-state index is 0.00302. The monoisotopic (exact) mass is 350 g/mol. The fourth-order valence-electron chi connectivity index (χ4n) is 2.46. The van der Waals surface area contributed by atoms with Gasteiger partial charge in [-0.05, 0) is 25.2 Å². The number of halogens is 1. The standard InChI is InChI=1S/C12H19ClN4O2S2/c1-20-12(4-2-3-5-12)8-16-21(18,19)9-6-10(13)11(17-14)15-7-9/h6-7,16H,2-5,8,14H2,1H3,(H,15,17). The van der Waals surface area contributed by atoms with Gasteiger partial charge in [-0.1, -0.05) is 24.4 Å². The third-order valence-corrected chi connectivity index (χ3v) is 6.87. The zero-order valence-electron chi connectivity index (χ0n) is 11.7. The van der Waals surface area contributed by atoms with Gasteiger partial charge in [0.05, 0.1) is 5.02 Å². The van der Waals surface area contributed by atoms with Crippen molar-refractivity contribution in [3.63, 3.8) is 0 Å². The Kier molecular flexibility index (Phi) is 5.37. The summed E-state index contributed by atoms with van der Waals surface area (Å²) in [5, 5.41) is 0.167. The Morgan fingerprint density at radius 1 is 1.48 bits per heavy atom. The maximum Gasteiger partial charge on any atom is 0.242 e. The molecule has 9 heteroatoms. The SMILES string of the molecule is CSC1(CNS(=O)(=O)c2cnc(NN)c(Cl)c2)CCCC1. The van der Waals surface area contributed by atoms with Gasteiger partial charge in [-0.2, -0.15) is 11.8 Å². The summed E-state index contributed by atoms with van der Waals surface area (Å²) >= 11 is 7.65. The molecule has 1 aromatic rings. The summed E-state index contributed by atoms with van der Waals surface area (Å²) in [5.74, 6) is 5.46. The van der Waals surface area contributed by atoms with Crippen LogP contribution in [0, 0.1) is 0 Å². The van der Waals surface area contributed by atoms with Crippen molar-refractivity contribution < 1.29 is 8.42 Å². The lowest BCUT2D eigenvalue weighted by Crippen LogP contribution is -2.38. The topological polar surface area (TPSA) is 97.1 Å². The Morgan fingerprint density at radius 2 is 2.14 bits per heavy atom. The average Bonchev–Trinajstić information content (AvgIpc) is 2.95. The summed E-state index contributed by atoms with van der Waals surface area (Å²) in [4.78, 5) is 3.93. The second-order valence-electron chi connectivity index (χ2n) is 5.06. The third kappa shape index (κ3) is 3.81. The van der Waals surface area contributed by atoms with Crippen molar-refractivity contribution in [1.82, 2.24) is 9.71 Å². The highest BCUT2D eigenvalue weighted by atomic mass is 35.5. The van der Waals surface area contributed by atoms with Crippen LogP contribution in [0.2, 0.25) is 5.02 Å². The molecule has 1 aliphatic rings. The second-order valence-corrected chi connectivity index (χ2v) is 8.51. The second kappa shape index (κ2) is 6.70. The Morgan fingerprint density at radius 3 is 2.67 bits per heavy atom. The van der Waals surface area contributed by atoms with Crippen molar-refractivity contribution in [3.8, 4) is 0 Å². The molecular weight excluding hydrogens is 332 g/mol. The third-order valence-electron chi connectivity index (χ3n) is 3.80. The molecule has 2 rings (SSSR count). The number of anilines is 1. The van der Waals surface area contributed by atoms with Crippen LogP contribution in [-0.2, 0) is 10.0 Å². The first kappa shape index (κ1) is 16.8. The molecule has 0 aromatic carbocycles. The number of pyridine rings is 1. The molecule has 0 bridgehead atoms. The molecule has 1 aliphatic carbocycles. The number of nitrogens with two attached hydrogens (primary N) is 1. The normalized spacial score (nSPS) is 17.9. The molecule has 0 aliphatic heterocycles. The smallest absolute Gasteiger partial charge is 0.242 e. The summed E-state index contributed by atoms with van der Waals surface area (Å²) in [6, 6.07) is 1.34. The average molecular weight is 351 g/mol. The molecule has 0 radical (unpaired) electrons. The van der Waals surface area contributed by atoms with Crippen LogP contribution in [0.25, 0.3) is 0 Å². The molecule has 0 unspecified atom stereocenters. The highest BCUT2D eigenvalue weighted by molar-refractivity contribution is 8.00. The number of aromatic nitrogens is 1. The van der Waals surface area contributed by atoms with E-state index in [0.29, 0.717) is 6.54 Å². The number of nitrogen functional groups attached to an aromatic ring is 1. The Balaban J connectivity index is 2.13. The van der Waals surface area contributed by atoms with Gasteiger partial charge in [0.2, 0.25) is 10.0 Å². The minimum Gasteiger partial charge on any atom is -0.307 e. The van der Waals surface area contributed by atoms with Gasteiger partial charge >= 0.3 is 0 Å². The first-order chi connectivity index (χ1) is 9.92. The molecule has 6 nitrogen and oxygen atoms in total. The van der Waals surface area contributed by atoms with Gasteiger partial charge in [0.25, 0.3) is 0 Å². The maximum absolute atomic E-state index is 12.3. The van der Waals surface area contributed by atoms with Gasteiger partial charge < -0.3 is 5.43 Å². The maximum atomic E-state index is 12.3. The summed E-state index contributed by atoms with van der Waals surface area (Å²) < 4.78 is 27.3. The van der Waals surface area contributed by atoms with Crippen LogP contribution in [0.1, 0.15) is 25.7 Å². The van der Waals surface area contributed by atoms with E-state index < -0.39 is 10.0 Å². The zero-order valence-corrected chi connectivity index (χ0v) is 14.1. The van der Waals surface area contributed by atoms with E-state index in [0.717, 1.165) is 25.7 Å². The lowest BCUT2D eigenvalue weighted by Gasteiger charge is -2.26. The molecule has 21 heavy (non-hydrogen) atoms. The molecule has 0 amide bonds. The van der Waals surface area contributed by atoms with Crippen LogP contribution >= 0.6 is 23.4 Å². The van der Waals surface area contributed by atoms with E-state index in [1.165, 1.54) is 12.3 Å². The lowest BCUT2D eigenvalue weighted by atomic mass is 10.1. The van der Waals surface area contributed by atoms with Gasteiger partial charge in [-0.3, -0.25) is 0 Å². The number of hydrogen-bond acceptors (Lipinski definition) is 6. The van der Waals surface area contributed by atoms with E-state index in [1.54, 1.807) is 11.8 Å². The van der Waals surface area contributed by atoms with E-state index in [4.69, 9.17) is 17.4 Å². The van der Waals surface area contributed by atoms with Crippen LogP contribution in [0.5, 0.6) is 0 Å². The lowest BCUT2D eigenvalue weighted by molar-refractivity contribution is 0.551. The number of hydrazine groups is 1. The van der Waals surface area contributed by atoms with E-state index in [9.17, 15) is 8.42 Å². The largest absolute Gasteiger partial charge is 0.307 e. The van der Waals surface area contributed by atoms with E-state index in [1.807, 2.05) is 6.26 Å². The van der Waals surface area contributed by atoms with Crippen LogP contribution in [-0.4, -0.2) is 30.9 Å². The van der Waals surface area contributed by atoms with Gasteiger partial charge in [0.1, 0.15) is 4.90 Å². The molecule has 118 valence electrons. The highest BCUT2D eigenvalue weighted by Gasteiger charge is 2.34. The molecule has 1 saturated carbocycles. The van der Waals surface area contributed by atoms with E-state index >= 15 is 0 Å². The first-order valence-electron chi connectivity index (χ1n) is 6.59. The molecular formula is C12H19ClN4O2S2.